The largest absolute Gasteiger partial charge is 0.387 e. The average Bonchev–Trinajstić information content (AvgIpc) is 2.53. The number of hydrogen-bond donors (Lipinski definition) is 2. The van der Waals surface area contributed by atoms with Crippen LogP contribution in [0.2, 0.25) is 0 Å². The minimum absolute atomic E-state index is 0.126. The predicted molar refractivity (Wildman–Crippen MR) is 79.0 cm³/mol. The van der Waals surface area contributed by atoms with E-state index in [9.17, 15) is 5.11 Å². The van der Waals surface area contributed by atoms with E-state index in [0.717, 1.165) is 11.1 Å². The summed E-state index contributed by atoms with van der Waals surface area (Å²) in [5.41, 5.74) is 2.67. The Kier molecular flexibility index (Phi) is 4.89. The lowest BCUT2D eigenvalue weighted by Crippen LogP contribution is -2.24. The van der Waals surface area contributed by atoms with Crippen LogP contribution in [0, 0.1) is 11.3 Å². The minimum atomic E-state index is -0.517. The van der Waals surface area contributed by atoms with E-state index >= 15 is 0 Å². The summed E-state index contributed by atoms with van der Waals surface area (Å²) in [7, 11) is 0. The van der Waals surface area contributed by atoms with E-state index in [1.807, 2.05) is 49.4 Å². The van der Waals surface area contributed by atoms with Crippen molar-refractivity contribution < 1.29 is 5.11 Å². The summed E-state index contributed by atoms with van der Waals surface area (Å²) in [6, 6.07) is 19.3. The zero-order valence-electron chi connectivity index (χ0n) is 11.5. The highest BCUT2D eigenvalue weighted by atomic mass is 16.3. The molecule has 0 amide bonds. The Morgan fingerprint density at radius 2 is 1.70 bits per heavy atom. The monoisotopic (exact) mass is 266 g/mol. The molecule has 2 aromatic carbocycles. The Morgan fingerprint density at radius 1 is 1.05 bits per heavy atom. The number of aliphatic hydroxyl groups is 1. The van der Waals surface area contributed by atoms with Crippen molar-refractivity contribution in [1.29, 1.82) is 5.26 Å². The smallest absolute Gasteiger partial charge is 0.0991 e. The van der Waals surface area contributed by atoms with Gasteiger partial charge in [-0.25, -0.2) is 0 Å². The molecule has 3 heteroatoms. The lowest BCUT2D eigenvalue weighted by Gasteiger charge is -2.17. The van der Waals surface area contributed by atoms with Gasteiger partial charge in [0.1, 0.15) is 0 Å². The minimum Gasteiger partial charge on any atom is -0.387 e. The van der Waals surface area contributed by atoms with Gasteiger partial charge in [0.25, 0.3) is 0 Å². The summed E-state index contributed by atoms with van der Waals surface area (Å²) in [4.78, 5) is 0. The van der Waals surface area contributed by atoms with E-state index in [0.29, 0.717) is 12.1 Å². The third-order valence-electron chi connectivity index (χ3n) is 3.34. The van der Waals surface area contributed by atoms with Gasteiger partial charge in [-0.2, -0.15) is 5.26 Å². The normalized spacial score (nSPS) is 13.4. The number of nitrogens with zero attached hydrogens (tertiary/aromatic N) is 1. The van der Waals surface area contributed by atoms with Crippen molar-refractivity contribution in [2.75, 3.05) is 6.54 Å². The van der Waals surface area contributed by atoms with Gasteiger partial charge in [0.15, 0.2) is 0 Å². The van der Waals surface area contributed by atoms with Gasteiger partial charge >= 0.3 is 0 Å². The number of nitrogens with one attached hydrogen (secondary N) is 1. The SMILES string of the molecule is CC(NCC(O)c1ccccc1)c1ccc(C#N)cc1. The molecule has 0 radical (unpaired) electrons. The van der Waals surface area contributed by atoms with Crippen LogP contribution in [0.1, 0.15) is 35.8 Å². The van der Waals surface area contributed by atoms with Crippen LogP contribution in [0.25, 0.3) is 0 Å². The fourth-order valence-electron chi connectivity index (χ4n) is 2.05. The summed E-state index contributed by atoms with van der Waals surface area (Å²) in [6.45, 7) is 2.53. The molecular weight excluding hydrogens is 248 g/mol. The van der Waals surface area contributed by atoms with Crippen molar-refractivity contribution in [2.45, 2.75) is 19.1 Å². The van der Waals surface area contributed by atoms with Gasteiger partial charge in [-0.3, -0.25) is 0 Å². The first-order valence-corrected chi connectivity index (χ1v) is 6.67. The standard InChI is InChI=1S/C17H18N2O/c1-13(15-9-7-14(11-18)8-10-15)19-12-17(20)16-5-3-2-4-6-16/h2-10,13,17,19-20H,12H2,1H3. The molecule has 0 aliphatic rings. The Balaban J connectivity index is 1.91. The molecule has 0 aromatic heterocycles. The zero-order valence-corrected chi connectivity index (χ0v) is 11.5. The first-order chi connectivity index (χ1) is 9.70. The molecule has 2 unspecified atom stereocenters. The van der Waals surface area contributed by atoms with Crippen molar-refractivity contribution in [1.82, 2.24) is 5.32 Å². The first-order valence-electron chi connectivity index (χ1n) is 6.67. The van der Waals surface area contributed by atoms with Gasteiger partial charge in [0.2, 0.25) is 0 Å². The fourth-order valence-corrected chi connectivity index (χ4v) is 2.05. The van der Waals surface area contributed by atoms with Crippen LogP contribution in [-0.2, 0) is 0 Å². The van der Waals surface area contributed by atoms with Crippen LogP contribution in [-0.4, -0.2) is 11.7 Å². The Labute approximate surface area is 119 Å². The molecule has 2 atom stereocenters. The van der Waals surface area contributed by atoms with Crippen molar-refractivity contribution in [3.05, 3.63) is 71.3 Å². The van der Waals surface area contributed by atoms with Gasteiger partial charge in [-0.1, -0.05) is 42.5 Å². The summed E-state index contributed by atoms with van der Waals surface area (Å²) in [5, 5.41) is 22.2. The Hall–Kier alpha value is -2.15. The molecule has 2 rings (SSSR count). The van der Waals surface area contributed by atoms with E-state index in [2.05, 4.69) is 11.4 Å². The molecule has 0 bridgehead atoms. The molecule has 20 heavy (non-hydrogen) atoms. The highest BCUT2D eigenvalue weighted by Gasteiger charge is 2.10. The van der Waals surface area contributed by atoms with Gasteiger partial charge in [0, 0.05) is 12.6 Å². The second-order valence-corrected chi connectivity index (χ2v) is 4.79. The topological polar surface area (TPSA) is 56.0 Å². The van der Waals surface area contributed by atoms with E-state index in [1.165, 1.54) is 0 Å². The van der Waals surface area contributed by atoms with E-state index in [-0.39, 0.29) is 6.04 Å². The zero-order chi connectivity index (χ0) is 14.4. The fraction of sp³-hybridized carbons (Fsp3) is 0.235. The van der Waals surface area contributed by atoms with Crippen molar-refractivity contribution in [2.24, 2.45) is 0 Å². The van der Waals surface area contributed by atoms with Crippen LogP contribution in [0.5, 0.6) is 0 Å². The second kappa shape index (κ2) is 6.85. The van der Waals surface area contributed by atoms with E-state index in [1.54, 1.807) is 12.1 Å². The van der Waals surface area contributed by atoms with Crippen LogP contribution in [0.3, 0.4) is 0 Å². The maximum Gasteiger partial charge on any atom is 0.0991 e. The molecule has 0 fully saturated rings. The lowest BCUT2D eigenvalue weighted by molar-refractivity contribution is 0.171. The van der Waals surface area contributed by atoms with Crippen molar-refractivity contribution in [3.8, 4) is 6.07 Å². The maximum atomic E-state index is 10.1. The van der Waals surface area contributed by atoms with Gasteiger partial charge in [0.05, 0.1) is 17.7 Å². The molecule has 2 aromatic rings. The summed E-state index contributed by atoms with van der Waals surface area (Å²) < 4.78 is 0. The Bertz CT molecular complexity index is 572. The summed E-state index contributed by atoms with van der Waals surface area (Å²) in [6.07, 6.45) is -0.517. The summed E-state index contributed by atoms with van der Waals surface area (Å²) >= 11 is 0. The molecule has 0 aliphatic carbocycles. The second-order valence-electron chi connectivity index (χ2n) is 4.79. The molecule has 102 valence electrons. The molecule has 0 saturated carbocycles. The van der Waals surface area contributed by atoms with Crippen LogP contribution < -0.4 is 5.32 Å². The predicted octanol–water partition coefficient (Wildman–Crippen LogP) is 2.94. The van der Waals surface area contributed by atoms with Gasteiger partial charge in [-0.15, -0.1) is 0 Å². The van der Waals surface area contributed by atoms with Gasteiger partial charge in [-0.05, 0) is 30.2 Å². The van der Waals surface area contributed by atoms with Crippen LogP contribution >= 0.6 is 0 Å². The van der Waals surface area contributed by atoms with Crippen molar-refractivity contribution in [3.63, 3.8) is 0 Å². The first kappa shape index (κ1) is 14.3. The average molecular weight is 266 g/mol. The number of benzene rings is 2. The van der Waals surface area contributed by atoms with E-state index in [4.69, 9.17) is 5.26 Å². The van der Waals surface area contributed by atoms with Crippen LogP contribution in [0.4, 0.5) is 0 Å². The summed E-state index contributed by atoms with van der Waals surface area (Å²) in [5.74, 6) is 0. The molecule has 3 nitrogen and oxygen atoms in total. The number of aliphatic hydroxyl groups excluding tert-OH is 1. The van der Waals surface area contributed by atoms with Crippen LogP contribution in [0.15, 0.2) is 54.6 Å². The third-order valence-corrected chi connectivity index (χ3v) is 3.34. The molecule has 2 N–H and O–H groups in total. The van der Waals surface area contributed by atoms with E-state index < -0.39 is 6.10 Å². The number of nitriles is 1. The molecule has 0 heterocycles. The lowest BCUT2D eigenvalue weighted by atomic mass is 10.1. The maximum absolute atomic E-state index is 10.1. The molecule has 0 spiro atoms. The van der Waals surface area contributed by atoms with Crippen molar-refractivity contribution >= 4 is 0 Å². The third kappa shape index (κ3) is 3.67. The number of hydrogen-bond acceptors (Lipinski definition) is 3. The highest BCUT2D eigenvalue weighted by molar-refractivity contribution is 5.32. The highest BCUT2D eigenvalue weighted by Crippen LogP contribution is 2.16. The molecule has 0 aliphatic heterocycles. The molecular formula is C17H18N2O. The molecule has 0 saturated heterocycles. The quantitative estimate of drug-likeness (QED) is 0.874. The Morgan fingerprint density at radius 3 is 2.30 bits per heavy atom. The van der Waals surface area contributed by atoms with Gasteiger partial charge < -0.3 is 10.4 Å². The number of rotatable bonds is 5.